The number of carboxylic acids is 2. The van der Waals surface area contributed by atoms with Gasteiger partial charge in [0.05, 0.1) is 7.05 Å². The van der Waals surface area contributed by atoms with E-state index in [0.29, 0.717) is 13.2 Å². The molecule has 0 bridgehead atoms. The lowest BCUT2D eigenvalue weighted by atomic mass is 10.1. The van der Waals surface area contributed by atoms with E-state index < -0.39 is 11.9 Å². The SMILES string of the molecule is C#CC[NH+](C)CC(=C)c1cccc(OCc2ccccc2)c1.O=C([O-])C(=O)O. The highest BCUT2D eigenvalue weighted by molar-refractivity contribution is 6.26. The lowest BCUT2D eigenvalue weighted by Gasteiger charge is -2.14. The van der Waals surface area contributed by atoms with Gasteiger partial charge in [0.1, 0.15) is 25.4 Å². The van der Waals surface area contributed by atoms with Gasteiger partial charge in [0.15, 0.2) is 5.97 Å². The number of hydrogen-bond acceptors (Lipinski definition) is 4. The second-order valence-electron chi connectivity index (χ2n) is 6.01. The van der Waals surface area contributed by atoms with Crippen LogP contribution < -0.4 is 14.7 Å². The molecule has 146 valence electrons. The number of carbonyl (C=O) groups excluding carboxylic acids is 1. The fourth-order valence-corrected chi connectivity index (χ4v) is 2.25. The Labute approximate surface area is 164 Å². The summed E-state index contributed by atoms with van der Waals surface area (Å²) in [6, 6.07) is 18.2. The van der Waals surface area contributed by atoms with Crippen molar-refractivity contribution in [3.05, 3.63) is 72.3 Å². The quantitative estimate of drug-likeness (QED) is 0.530. The summed E-state index contributed by atoms with van der Waals surface area (Å²) in [4.78, 5) is 19.3. The number of likely N-dealkylation sites (N-methyl/N-ethyl adjacent to an activating group) is 1. The largest absolute Gasteiger partial charge is 0.539 e. The van der Waals surface area contributed by atoms with Crippen molar-refractivity contribution < 1.29 is 29.4 Å². The van der Waals surface area contributed by atoms with Gasteiger partial charge in [0.25, 0.3) is 0 Å². The number of hydrogen-bond donors (Lipinski definition) is 2. The van der Waals surface area contributed by atoms with E-state index in [9.17, 15) is 0 Å². The van der Waals surface area contributed by atoms with E-state index in [4.69, 9.17) is 31.0 Å². The Morgan fingerprint density at radius 3 is 2.43 bits per heavy atom. The Morgan fingerprint density at radius 2 is 1.86 bits per heavy atom. The van der Waals surface area contributed by atoms with E-state index in [2.05, 4.69) is 37.7 Å². The van der Waals surface area contributed by atoms with Crippen LogP contribution >= 0.6 is 0 Å². The molecule has 0 aliphatic heterocycles. The van der Waals surface area contributed by atoms with Crippen molar-refractivity contribution in [2.75, 3.05) is 20.1 Å². The van der Waals surface area contributed by atoms with Crippen LogP contribution in [0.4, 0.5) is 0 Å². The zero-order valence-corrected chi connectivity index (χ0v) is 15.7. The maximum atomic E-state index is 9.04. The van der Waals surface area contributed by atoms with E-state index in [0.717, 1.165) is 29.0 Å². The predicted octanol–water partition coefficient (Wildman–Crippen LogP) is 0.248. The number of rotatable bonds is 7. The van der Waals surface area contributed by atoms with Crippen LogP contribution in [0.2, 0.25) is 0 Å². The molecule has 2 rings (SSSR count). The Balaban J connectivity index is 0.000000568. The van der Waals surface area contributed by atoms with Gasteiger partial charge in [-0.05, 0) is 29.2 Å². The van der Waals surface area contributed by atoms with Gasteiger partial charge < -0.3 is 24.6 Å². The van der Waals surface area contributed by atoms with Gasteiger partial charge in [-0.15, -0.1) is 6.42 Å². The third-order valence-corrected chi connectivity index (χ3v) is 3.58. The highest BCUT2D eigenvalue weighted by Crippen LogP contribution is 2.19. The number of benzene rings is 2. The number of nitrogens with one attached hydrogen (secondary N) is 1. The summed E-state index contributed by atoms with van der Waals surface area (Å²) in [7, 11) is 2.07. The topological polar surface area (TPSA) is 91.1 Å². The van der Waals surface area contributed by atoms with Crippen molar-refractivity contribution in [1.29, 1.82) is 0 Å². The van der Waals surface area contributed by atoms with Crippen LogP contribution in [-0.4, -0.2) is 37.2 Å². The maximum Gasteiger partial charge on any atom is 0.351 e. The summed E-state index contributed by atoms with van der Waals surface area (Å²) in [6.07, 6.45) is 5.34. The van der Waals surface area contributed by atoms with Gasteiger partial charge in [0, 0.05) is 5.57 Å². The molecule has 0 heterocycles. The first-order valence-corrected chi connectivity index (χ1v) is 8.47. The Bertz CT molecular complexity index is 828. The highest BCUT2D eigenvalue weighted by atomic mass is 16.5. The van der Waals surface area contributed by atoms with E-state index in [-0.39, 0.29) is 0 Å². The number of aliphatic carboxylic acids is 2. The van der Waals surface area contributed by atoms with Gasteiger partial charge in [-0.25, -0.2) is 4.79 Å². The van der Waals surface area contributed by atoms with Crippen molar-refractivity contribution in [3.8, 4) is 18.1 Å². The molecule has 0 fully saturated rings. The van der Waals surface area contributed by atoms with Crippen LogP contribution in [0.3, 0.4) is 0 Å². The van der Waals surface area contributed by atoms with Gasteiger partial charge in [-0.2, -0.15) is 0 Å². The Kier molecular flexibility index (Phi) is 9.59. The molecule has 0 aromatic heterocycles. The van der Waals surface area contributed by atoms with Crippen molar-refractivity contribution in [2.24, 2.45) is 0 Å². The lowest BCUT2D eigenvalue weighted by molar-refractivity contribution is -0.863. The van der Waals surface area contributed by atoms with Gasteiger partial charge >= 0.3 is 5.97 Å². The minimum Gasteiger partial charge on any atom is -0.539 e. The van der Waals surface area contributed by atoms with Crippen LogP contribution in [-0.2, 0) is 16.2 Å². The third-order valence-electron chi connectivity index (χ3n) is 3.58. The van der Waals surface area contributed by atoms with Crippen molar-refractivity contribution in [2.45, 2.75) is 6.61 Å². The molecule has 0 aliphatic rings. The standard InChI is InChI=1S/C20H21NO.C2H2O4/c1-4-13-21(3)15-17(2)19-11-8-12-20(14-19)22-16-18-9-6-5-7-10-18;3-1(4)2(5)6/h1,5-12,14H,2,13,15-16H2,3H3;(H,3,4)(H,5,6). The average molecular weight is 381 g/mol. The minimum absolute atomic E-state index is 0.568. The first-order valence-electron chi connectivity index (χ1n) is 8.47. The van der Waals surface area contributed by atoms with Crippen molar-refractivity contribution in [1.82, 2.24) is 0 Å². The molecule has 0 saturated heterocycles. The number of carboxylic acid groups (broad SMARTS) is 2. The molecule has 6 heteroatoms. The summed E-state index contributed by atoms with van der Waals surface area (Å²) in [5.74, 6) is -0.480. The maximum absolute atomic E-state index is 9.04. The molecule has 28 heavy (non-hydrogen) atoms. The molecule has 0 aliphatic carbocycles. The van der Waals surface area contributed by atoms with Crippen LogP contribution in [0, 0.1) is 12.3 Å². The summed E-state index contributed by atoms with van der Waals surface area (Å²) in [5, 5.41) is 16.3. The summed E-state index contributed by atoms with van der Waals surface area (Å²) in [6.45, 7) is 6.25. The molecule has 1 atom stereocenters. The number of quaternary nitrogens is 1. The van der Waals surface area contributed by atoms with E-state index in [1.165, 1.54) is 4.90 Å². The van der Waals surface area contributed by atoms with Crippen molar-refractivity contribution >= 4 is 17.5 Å². The molecule has 2 N–H and O–H groups in total. The number of ether oxygens (including phenoxy) is 1. The molecule has 2 aromatic carbocycles. The third kappa shape index (κ3) is 8.70. The van der Waals surface area contributed by atoms with Crippen LogP contribution in [0.5, 0.6) is 5.75 Å². The van der Waals surface area contributed by atoms with E-state index in [1.54, 1.807) is 0 Å². The van der Waals surface area contributed by atoms with Crippen LogP contribution in [0.1, 0.15) is 11.1 Å². The van der Waals surface area contributed by atoms with Gasteiger partial charge in [-0.3, -0.25) is 0 Å². The number of carbonyl (C=O) groups is 2. The zero-order valence-electron chi connectivity index (χ0n) is 15.7. The first kappa shape index (κ1) is 22.5. The van der Waals surface area contributed by atoms with E-state index in [1.807, 2.05) is 36.4 Å². The van der Waals surface area contributed by atoms with E-state index >= 15 is 0 Å². The Morgan fingerprint density at radius 1 is 1.21 bits per heavy atom. The first-order chi connectivity index (χ1) is 13.3. The lowest BCUT2D eigenvalue weighted by Crippen LogP contribution is -3.08. The Hall–Kier alpha value is -3.56. The molecule has 2 aromatic rings. The second-order valence-corrected chi connectivity index (χ2v) is 6.01. The van der Waals surface area contributed by atoms with Crippen molar-refractivity contribution in [3.63, 3.8) is 0 Å². The second kappa shape index (κ2) is 11.9. The average Bonchev–Trinajstić information content (AvgIpc) is 2.68. The summed E-state index contributed by atoms with van der Waals surface area (Å²) < 4.78 is 5.86. The van der Waals surface area contributed by atoms with Gasteiger partial charge in [0.2, 0.25) is 0 Å². The summed E-state index contributed by atoms with van der Waals surface area (Å²) in [5.41, 5.74) is 3.32. The van der Waals surface area contributed by atoms with Crippen LogP contribution in [0.25, 0.3) is 5.57 Å². The molecule has 6 nitrogen and oxygen atoms in total. The fraction of sp³-hybridized carbons (Fsp3) is 0.182. The van der Waals surface area contributed by atoms with Gasteiger partial charge in [-0.1, -0.05) is 49.0 Å². The number of terminal acetylenes is 1. The molecule has 0 amide bonds. The molecule has 0 spiro atoms. The summed E-state index contributed by atoms with van der Waals surface area (Å²) >= 11 is 0. The molecule has 0 radical (unpaired) electrons. The molecular weight excluding hydrogens is 358 g/mol. The highest BCUT2D eigenvalue weighted by Gasteiger charge is 2.07. The fourth-order valence-electron chi connectivity index (χ4n) is 2.25. The molecular formula is C22H23NO5. The molecule has 0 saturated carbocycles. The smallest absolute Gasteiger partial charge is 0.351 e. The predicted molar refractivity (Wildman–Crippen MR) is 104 cm³/mol. The monoisotopic (exact) mass is 381 g/mol. The molecule has 1 unspecified atom stereocenters. The van der Waals surface area contributed by atoms with Crippen LogP contribution in [0.15, 0.2) is 61.2 Å². The minimum atomic E-state index is -2.07. The zero-order chi connectivity index (χ0) is 20.9. The normalized spacial score (nSPS) is 10.6.